The molecule has 0 atom stereocenters. The van der Waals surface area contributed by atoms with Gasteiger partial charge in [-0.2, -0.15) is 0 Å². The second-order valence-electron chi connectivity index (χ2n) is 8.58. The molecule has 0 saturated carbocycles. The number of carbonyl (C=O) groups is 1. The molecular weight excluding hydrogens is 498 g/mol. The molecule has 190 valence electrons. The van der Waals surface area contributed by atoms with Crippen LogP contribution in [0.25, 0.3) is 22.5 Å². The molecule has 0 saturated heterocycles. The number of halogens is 1. The lowest BCUT2D eigenvalue weighted by Crippen LogP contribution is -2.16. The zero-order valence-electron chi connectivity index (χ0n) is 20.8. The van der Waals surface area contributed by atoms with E-state index in [1.54, 1.807) is 36.4 Å². The first-order valence-electron chi connectivity index (χ1n) is 12.2. The van der Waals surface area contributed by atoms with Gasteiger partial charge in [0.15, 0.2) is 0 Å². The molecule has 7 heteroatoms. The van der Waals surface area contributed by atoms with Crippen molar-refractivity contribution in [2.75, 3.05) is 11.9 Å². The Kier molecular flexibility index (Phi) is 7.71. The maximum atomic E-state index is 12.2. The number of carbonyl (C=O) groups excluding carboxylic acids is 1. The van der Waals surface area contributed by atoms with Crippen LogP contribution in [0.5, 0.6) is 11.5 Å². The highest BCUT2D eigenvalue weighted by molar-refractivity contribution is 6.30. The average Bonchev–Trinajstić information content (AvgIpc) is 3.28. The van der Waals surface area contributed by atoms with Crippen LogP contribution in [0.4, 0.5) is 10.5 Å². The molecule has 1 heterocycles. The van der Waals surface area contributed by atoms with E-state index in [2.05, 4.69) is 34.1 Å². The number of aryl methyl sites for hydroxylation is 1. The van der Waals surface area contributed by atoms with Crippen LogP contribution >= 0.6 is 11.6 Å². The standard InChI is InChI=1S/C31H26ClN3O3/c1-22-33-29(23-8-4-2-5-9-23)30(24-10-6-3-7-11-24)35(22)20-21-37-27-18-14-26(15-19-27)34-31(36)38-28-16-12-25(32)13-17-28/h2-19H,20-21H2,1H3,(H,34,36). The molecule has 0 unspecified atom stereocenters. The van der Waals surface area contributed by atoms with Crippen LogP contribution in [0.3, 0.4) is 0 Å². The molecule has 1 aromatic heterocycles. The molecular formula is C31H26ClN3O3. The van der Waals surface area contributed by atoms with E-state index in [9.17, 15) is 4.79 Å². The second-order valence-corrected chi connectivity index (χ2v) is 9.02. The van der Waals surface area contributed by atoms with Gasteiger partial charge in [0.05, 0.1) is 17.9 Å². The first kappa shape index (κ1) is 25.1. The summed E-state index contributed by atoms with van der Waals surface area (Å²) in [6, 6.07) is 34.2. The number of ether oxygens (including phenoxy) is 2. The maximum absolute atomic E-state index is 12.2. The summed E-state index contributed by atoms with van der Waals surface area (Å²) in [4.78, 5) is 17.1. The van der Waals surface area contributed by atoms with Crippen molar-refractivity contribution in [2.24, 2.45) is 0 Å². The highest BCUT2D eigenvalue weighted by atomic mass is 35.5. The van der Waals surface area contributed by atoms with Gasteiger partial charge in [-0.05, 0) is 55.5 Å². The number of nitrogens with one attached hydrogen (secondary N) is 1. The Morgan fingerprint density at radius 1 is 0.816 bits per heavy atom. The van der Waals surface area contributed by atoms with Crippen LogP contribution in [-0.4, -0.2) is 22.3 Å². The van der Waals surface area contributed by atoms with Crippen LogP contribution < -0.4 is 14.8 Å². The monoisotopic (exact) mass is 523 g/mol. The third kappa shape index (κ3) is 6.05. The largest absolute Gasteiger partial charge is 0.492 e. The third-order valence-electron chi connectivity index (χ3n) is 5.96. The van der Waals surface area contributed by atoms with E-state index in [1.807, 2.05) is 55.5 Å². The van der Waals surface area contributed by atoms with Crippen LogP contribution in [0.1, 0.15) is 5.82 Å². The summed E-state index contributed by atoms with van der Waals surface area (Å²) in [6.07, 6.45) is -0.584. The summed E-state index contributed by atoms with van der Waals surface area (Å²) in [6.45, 7) is 3.10. The molecule has 0 aliphatic carbocycles. The number of hydrogen-bond acceptors (Lipinski definition) is 4. The zero-order valence-corrected chi connectivity index (χ0v) is 21.6. The molecule has 0 fully saturated rings. The van der Waals surface area contributed by atoms with E-state index in [0.717, 1.165) is 28.3 Å². The van der Waals surface area contributed by atoms with Gasteiger partial charge in [0.2, 0.25) is 0 Å². The normalized spacial score (nSPS) is 10.7. The first-order chi connectivity index (χ1) is 18.6. The Morgan fingerprint density at radius 3 is 2.08 bits per heavy atom. The SMILES string of the molecule is Cc1nc(-c2ccccc2)c(-c2ccccc2)n1CCOc1ccc(NC(=O)Oc2ccc(Cl)cc2)cc1. The Bertz CT molecular complexity index is 1500. The number of amides is 1. The van der Waals surface area contributed by atoms with E-state index >= 15 is 0 Å². The minimum Gasteiger partial charge on any atom is -0.492 e. The molecule has 4 aromatic carbocycles. The summed E-state index contributed by atoms with van der Waals surface area (Å²) in [5.74, 6) is 2.03. The van der Waals surface area contributed by atoms with E-state index in [-0.39, 0.29) is 0 Å². The lowest BCUT2D eigenvalue weighted by Gasteiger charge is -2.13. The summed E-state index contributed by atoms with van der Waals surface area (Å²) in [5, 5.41) is 3.28. The summed E-state index contributed by atoms with van der Waals surface area (Å²) >= 11 is 5.86. The van der Waals surface area contributed by atoms with E-state index < -0.39 is 6.09 Å². The summed E-state index contributed by atoms with van der Waals surface area (Å²) in [7, 11) is 0. The Hall–Kier alpha value is -4.55. The number of anilines is 1. The third-order valence-corrected chi connectivity index (χ3v) is 6.21. The lowest BCUT2D eigenvalue weighted by atomic mass is 10.0. The number of benzene rings is 4. The van der Waals surface area contributed by atoms with Crippen molar-refractivity contribution in [3.05, 3.63) is 120 Å². The summed E-state index contributed by atoms with van der Waals surface area (Å²) in [5.41, 5.74) is 4.80. The summed E-state index contributed by atoms with van der Waals surface area (Å²) < 4.78 is 13.5. The van der Waals surface area contributed by atoms with Crippen molar-refractivity contribution in [3.8, 4) is 34.0 Å². The Labute approximate surface area is 226 Å². The topological polar surface area (TPSA) is 65.4 Å². The molecule has 0 radical (unpaired) electrons. The smallest absolute Gasteiger partial charge is 0.417 e. The average molecular weight is 524 g/mol. The van der Waals surface area contributed by atoms with Crippen molar-refractivity contribution in [2.45, 2.75) is 13.5 Å². The van der Waals surface area contributed by atoms with Gasteiger partial charge in [-0.3, -0.25) is 5.32 Å². The number of hydrogen-bond donors (Lipinski definition) is 1. The van der Waals surface area contributed by atoms with E-state index in [1.165, 1.54) is 0 Å². The predicted molar refractivity (Wildman–Crippen MR) is 151 cm³/mol. The van der Waals surface area contributed by atoms with Crippen LogP contribution in [-0.2, 0) is 6.54 Å². The maximum Gasteiger partial charge on any atom is 0.417 e. The van der Waals surface area contributed by atoms with E-state index in [4.69, 9.17) is 26.1 Å². The van der Waals surface area contributed by atoms with Crippen molar-refractivity contribution < 1.29 is 14.3 Å². The van der Waals surface area contributed by atoms with Gasteiger partial charge in [-0.25, -0.2) is 9.78 Å². The minimum atomic E-state index is -0.584. The fourth-order valence-corrected chi connectivity index (χ4v) is 4.29. The van der Waals surface area contributed by atoms with Gasteiger partial charge in [-0.1, -0.05) is 72.3 Å². The van der Waals surface area contributed by atoms with Gasteiger partial charge in [0.1, 0.15) is 23.9 Å². The molecule has 38 heavy (non-hydrogen) atoms. The van der Waals surface area contributed by atoms with Crippen molar-refractivity contribution in [1.29, 1.82) is 0 Å². The minimum absolute atomic E-state index is 0.409. The molecule has 0 aliphatic heterocycles. The molecule has 1 amide bonds. The second kappa shape index (κ2) is 11.7. The molecule has 1 N–H and O–H groups in total. The van der Waals surface area contributed by atoms with Gasteiger partial charge >= 0.3 is 6.09 Å². The first-order valence-corrected chi connectivity index (χ1v) is 12.6. The Morgan fingerprint density at radius 2 is 1.42 bits per heavy atom. The molecule has 0 spiro atoms. The van der Waals surface area contributed by atoms with Gasteiger partial charge in [-0.15, -0.1) is 0 Å². The highest BCUT2D eigenvalue weighted by Gasteiger charge is 2.18. The van der Waals surface area contributed by atoms with Crippen LogP contribution in [0, 0.1) is 6.92 Å². The van der Waals surface area contributed by atoms with Gasteiger partial charge in [0.25, 0.3) is 0 Å². The number of rotatable bonds is 8. The van der Waals surface area contributed by atoms with Gasteiger partial charge in [0, 0.05) is 21.8 Å². The Balaban J connectivity index is 1.24. The zero-order chi connectivity index (χ0) is 26.3. The number of imidazole rings is 1. The number of aromatic nitrogens is 2. The van der Waals surface area contributed by atoms with Gasteiger partial charge < -0.3 is 14.0 Å². The molecule has 5 aromatic rings. The molecule has 0 aliphatic rings. The van der Waals surface area contributed by atoms with Crippen LogP contribution in [0.15, 0.2) is 109 Å². The lowest BCUT2D eigenvalue weighted by molar-refractivity contribution is 0.215. The fraction of sp³-hybridized carbons (Fsp3) is 0.0968. The predicted octanol–water partition coefficient (Wildman–Crippen LogP) is 7.87. The van der Waals surface area contributed by atoms with Crippen molar-refractivity contribution in [3.63, 3.8) is 0 Å². The molecule has 5 rings (SSSR count). The van der Waals surface area contributed by atoms with E-state index in [0.29, 0.717) is 35.4 Å². The quantitative estimate of drug-likeness (QED) is 0.225. The van der Waals surface area contributed by atoms with Crippen molar-refractivity contribution >= 4 is 23.4 Å². The van der Waals surface area contributed by atoms with Crippen LogP contribution in [0.2, 0.25) is 5.02 Å². The molecule has 6 nitrogen and oxygen atoms in total. The van der Waals surface area contributed by atoms with Crippen molar-refractivity contribution in [1.82, 2.24) is 9.55 Å². The molecule has 0 bridgehead atoms. The number of nitrogens with zero attached hydrogens (tertiary/aromatic N) is 2. The fourth-order valence-electron chi connectivity index (χ4n) is 4.17. The highest BCUT2D eigenvalue weighted by Crippen LogP contribution is 2.32.